The van der Waals surface area contributed by atoms with E-state index in [4.69, 9.17) is 9.47 Å². The van der Waals surface area contributed by atoms with Crippen LogP contribution in [0.25, 0.3) is 0 Å². The van der Waals surface area contributed by atoms with Crippen molar-refractivity contribution in [3.63, 3.8) is 0 Å². The van der Waals surface area contributed by atoms with Gasteiger partial charge in [-0.3, -0.25) is 0 Å². The zero-order chi connectivity index (χ0) is 15.2. The Labute approximate surface area is 122 Å². The first-order chi connectivity index (χ1) is 9.63. The quantitative estimate of drug-likeness (QED) is 0.402. The summed E-state index contributed by atoms with van der Waals surface area (Å²) in [5.41, 5.74) is 1.11. The molecule has 0 rings (SSSR count). The molecule has 0 aliphatic carbocycles. The predicted octanol–water partition coefficient (Wildman–Crippen LogP) is 2.23. The number of aliphatic hydroxyl groups is 2. The lowest BCUT2D eigenvalue weighted by molar-refractivity contribution is 0.0475. The molecular weight excluding hydrogens is 256 g/mol. The van der Waals surface area contributed by atoms with Gasteiger partial charge in [0.1, 0.15) is 0 Å². The van der Waals surface area contributed by atoms with E-state index in [1.807, 2.05) is 13.0 Å². The van der Waals surface area contributed by atoms with E-state index in [1.54, 1.807) is 12.2 Å². The Bertz CT molecular complexity index is 286. The highest BCUT2D eigenvalue weighted by atomic mass is 16.5. The molecule has 2 unspecified atom stereocenters. The van der Waals surface area contributed by atoms with Crippen molar-refractivity contribution in [3.8, 4) is 0 Å². The second-order valence-electron chi connectivity index (χ2n) is 4.62. The molecule has 0 radical (unpaired) electrons. The fraction of sp³-hybridized carbons (Fsp3) is 0.625. The summed E-state index contributed by atoms with van der Waals surface area (Å²) in [6.07, 6.45) is 6.18. The summed E-state index contributed by atoms with van der Waals surface area (Å²) in [5.74, 6) is 0. The van der Waals surface area contributed by atoms with Gasteiger partial charge in [0.05, 0.1) is 38.6 Å². The third-order valence-electron chi connectivity index (χ3n) is 2.72. The normalized spacial score (nSPS) is 14.8. The van der Waals surface area contributed by atoms with Crippen LogP contribution in [0.1, 0.15) is 26.2 Å². The van der Waals surface area contributed by atoms with E-state index in [0.717, 1.165) is 12.0 Å². The maximum Gasteiger partial charge on any atom is 0.0810 e. The van der Waals surface area contributed by atoms with Crippen LogP contribution >= 0.6 is 0 Å². The molecule has 0 saturated carbocycles. The van der Waals surface area contributed by atoms with Crippen molar-refractivity contribution in [2.24, 2.45) is 0 Å². The molecule has 4 nitrogen and oxygen atoms in total. The molecule has 0 saturated heterocycles. The van der Waals surface area contributed by atoms with E-state index in [-0.39, 0.29) is 0 Å². The average Bonchev–Trinajstić information content (AvgIpc) is 2.44. The third-order valence-corrected chi connectivity index (χ3v) is 2.72. The Morgan fingerprint density at radius 1 is 1.05 bits per heavy atom. The van der Waals surface area contributed by atoms with Crippen molar-refractivity contribution in [2.45, 2.75) is 38.4 Å². The zero-order valence-electron chi connectivity index (χ0n) is 12.5. The topological polar surface area (TPSA) is 58.9 Å². The highest BCUT2D eigenvalue weighted by molar-refractivity contribution is 5.03. The van der Waals surface area contributed by atoms with Crippen molar-refractivity contribution < 1.29 is 19.7 Å². The fourth-order valence-electron chi connectivity index (χ4n) is 1.68. The lowest BCUT2D eigenvalue weighted by Crippen LogP contribution is -2.17. The minimum absolute atomic E-state index is 0.296. The fourth-order valence-corrected chi connectivity index (χ4v) is 1.68. The van der Waals surface area contributed by atoms with E-state index >= 15 is 0 Å². The molecule has 0 aliphatic heterocycles. The van der Waals surface area contributed by atoms with Crippen LogP contribution in [0.5, 0.6) is 0 Å². The molecule has 4 heteroatoms. The Kier molecular flexibility index (Phi) is 12.4. The molecule has 0 amide bonds. The molecule has 2 N–H and O–H groups in total. The summed E-state index contributed by atoms with van der Waals surface area (Å²) in [6, 6.07) is 0. The van der Waals surface area contributed by atoms with Gasteiger partial charge in [-0.2, -0.15) is 0 Å². The smallest absolute Gasteiger partial charge is 0.0810 e. The first kappa shape index (κ1) is 19.1. The minimum atomic E-state index is -0.523. The minimum Gasteiger partial charge on any atom is -0.390 e. The van der Waals surface area contributed by atoms with Gasteiger partial charge in [0.25, 0.3) is 0 Å². The van der Waals surface area contributed by atoms with Crippen LogP contribution in [0.3, 0.4) is 0 Å². The third kappa shape index (κ3) is 10.9. The van der Waals surface area contributed by atoms with Gasteiger partial charge in [-0.05, 0) is 19.3 Å². The number of hydrogen-bond donors (Lipinski definition) is 2. The van der Waals surface area contributed by atoms with Gasteiger partial charge in [-0.25, -0.2) is 0 Å². The molecule has 0 aromatic carbocycles. The van der Waals surface area contributed by atoms with E-state index in [2.05, 4.69) is 13.2 Å². The first-order valence-corrected chi connectivity index (χ1v) is 7.05. The van der Waals surface area contributed by atoms with E-state index < -0.39 is 12.2 Å². The second-order valence-corrected chi connectivity index (χ2v) is 4.62. The molecule has 0 spiro atoms. The summed E-state index contributed by atoms with van der Waals surface area (Å²) >= 11 is 0. The predicted molar refractivity (Wildman–Crippen MR) is 81.7 cm³/mol. The van der Waals surface area contributed by atoms with Gasteiger partial charge in [-0.15, -0.1) is 13.2 Å². The maximum atomic E-state index is 9.82. The molecule has 0 heterocycles. The number of hydrogen-bond acceptors (Lipinski definition) is 4. The Morgan fingerprint density at radius 3 is 2.10 bits per heavy atom. The molecule has 0 aromatic rings. The van der Waals surface area contributed by atoms with Crippen LogP contribution in [0.4, 0.5) is 0 Å². The molecule has 0 aliphatic rings. The van der Waals surface area contributed by atoms with Crippen LogP contribution in [0.2, 0.25) is 0 Å². The van der Waals surface area contributed by atoms with E-state index in [1.165, 1.54) is 0 Å². The summed E-state index contributed by atoms with van der Waals surface area (Å²) < 4.78 is 10.4. The summed E-state index contributed by atoms with van der Waals surface area (Å²) in [5, 5.41) is 19.5. The van der Waals surface area contributed by atoms with Gasteiger partial charge >= 0.3 is 0 Å². The summed E-state index contributed by atoms with van der Waals surface area (Å²) in [6.45, 7) is 10.6. The van der Waals surface area contributed by atoms with Crippen molar-refractivity contribution in [1.29, 1.82) is 0 Å². The molecular formula is C16H28O4. The molecule has 0 fully saturated rings. The largest absolute Gasteiger partial charge is 0.390 e. The number of rotatable bonds is 13. The Morgan fingerprint density at radius 2 is 1.60 bits per heavy atom. The lowest BCUT2D eigenvalue weighted by atomic mass is 10.0. The van der Waals surface area contributed by atoms with Crippen molar-refractivity contribution in [2.75, 3.05) is 26.4 Å². The summed E-state index contributed by atoms with van der Waals surface area (Å²) in [4.78, 5) is 0. The monoisotopic (exact) mass is 284 g/mol. The Hall–Kier alpha value is -0.940. The number of aliphatic hydroxyl groups excluding tert-OH is 2. The van der Waals surface area contributed by atoms with Gasteiger partial charge in [0.2, 0.25) is 0 Å². The van der Waals surface area contributed by atoms with Crippen molar-refractivity contribution >= 4 is 0 Å². The van der Waals surface area contributed by atoms with Crippen LogP contribution in [0, 0.1) is 0 Å². The van der Waals surface area contributed by atoms with Gasteiger partial charge < -0.3 is 19.7 Å². The van der Waals surface area contributed by atoms with Crippen LogP contribution < -0.4 is 0 Å². The van der Waals surface area contributed by atoms with Gasteiger partial charge in [0.15, 0.2) is 0 Å². The lowest BCUT2D eigenvalue weighted by Gasteiger charge is -2.13. The molecule has 116 valence electrons. The van der Waals surface area contributed by atoms with Crippen LogP contribution in [-0.2, 0) is 9.47 Å². The second kappa shape index (κ2) is 13.1. The molecule has 0 aromatic heterocycles. The van der Waals surface area contributed by atoms with Crippen molar-refractivity contribution in [3.05, 3.63) is 37.0 Å². The van der Waals surface area contributed by atoms with Crippen molar-refractivity contribution in [1.82, 2.24) is 0 Å². The maximum absolute atomic E-state index is 9.82. The standard InChI is InChI=1S/C16H28O4/c1-4-9-19-12-15(17)8-7-14(6-3)11-16(18)13-20-10-5-2/h4-5,7,15-18H,1-2,6,8-13H2,3H3. The zero-order valence-corrected chi connectivity index (χ0v) is 12.5. The van der Waals surface area contributed by atoms with Crippen LogP contribution in [0.15, 0.2) is 37.0 Å². The molecule has 0 bridgehead atoms. The van der Waals surface area contributed by atoms with Gasteiger partial charge in [-0.1, -0.05) is 30.7 Å². The Balaban J connectivity index is 4.00. The molecule has 20 heavy (non-hydrogen) atoms. The molecule has 2 atom stereocenters. The summed E-state index contributed by atoms with van der Waals surface area (Å²) in [7, 11) is 0. The van der Waals surface area contributed by atoms with Crippen LogP contribution in [-0.4, -0.2) is 48.8 Å². The van der Waals surface area contributed by atoms with Gasteiger partial charge in [0, 0.05) is 0 Å². The van der Waals surface area contributed by atoms with E-state index in [0.29, 0.717) is 39.3 Å². The number of ether oxygens (including phenoxy) is 2. The highest BCUT2D eigenvalue weighted by Crippen LogP contribution is 2.12. The highest BCUT2D eigenvalue weighted by Gasteiger charge is 2.08. The average molecular weight is 284 g/mol. The SMILES string of the molecule is C=CCOCC(O)CC=C(CC)CC(O)COCC=C. The van der Waals surface area contributed by atoms with E-state index in [9.17, 15) is 10.2 Å². The first-order valence-electron chi connectivity index (χ1n) is 7.05.